The number of para-hydroxylation sites is 2. The molecule has 0 saturated carbocycles. The second kappa shape index (κ2) is 5.96. The average Bonchev–Trinajstić information content (AvgIpc) is 2.86. The fraction of sp³-hybridized carbons (Fsp3) is 0.474. The van der Waals surface area contributed by atoms with Crippen LogP contribution in [0.15, 0.2) is 24.3 Å². The van der Waals surface area contributed by atoms with Crippen LogP contribution in [0.1, 0.15) is 39.8 Å². The fourth-order valence-electron chi connectivity index (χ4n) is 3.21. The minimum Gasteiger partial charge on any atom is -0.381 e. The number of rotatable bonds is 4. The van der Waals surface area contributed by atoms with Crippen LogP contribution in [0.2, 0.25) is 0 Å². The molecule has 3 rings (SSSR count). The Balaban J connectivity index is 2.37. The number of imidazole rings is 1. The van der Waals surface area contributed by atoms with E-state index in [1.54, 1.807) is 0 Å². The predicted molar refractivity (Wildman–Crippen MR) is 102 cm³/mol. The summed E-state index contributed by atoms with van der Waals surface area (Å²) in [6.07, 6.45) is 2.00. The van der Waals surface area contributed by atoms with Crippen molar-refractivity contribution in [3.05, 3.63) is 30.0 Å². The van der Waals surface area contributed by atoms with Crippen molar-refractivity contribution >= 4 is 28.3 Å². The Labute approximate surface area is 143 Å². The lowest BCUT2D eigenvalue weighted by Crippen LogP contribution is -2.21. The first kappa shape index (κ1) is 16.6. The maximum absolute atomic E-state index is 6.23. The van der Waals surface area contributed by atoms with Crippen molar-refractivity contribution in [1.29, 1.82) is 0 Å². The number of hydrogen-bond acceptors (Lipinski definition) is 4. The zero-order chi connectivity index (χ0) is 17.5. The molecular weight excluding hydrogens is 298 g/mol. The van der Waals surface area contributed by atoms with Gasteiger partial charge in [-0.25, -0.2) is 9.97 Å². The Kier molecular flexibility index (Phi) is 4.11. The third-order valence-electron chi connectivity index (χ3n) is 4.16. The highest BCUT2D eigenvalue weighted by molar-refractivity contribution is 5.84. The van der Waals surface area contributed by atoms with Crippen LogP contribution in [-0.2, 0) is 6.42 Å². The van der Waals surface area contributed by atoms with Gasteiger partial charge in [0, 0.05) is 13.6 Å². The van der Waals surface area contributed by atoms with Crippen LogP contribution in [0, 0.1) is 5.41 Å². The third kappa shape index (κ3) is 2.90. The van der Waals surface area contributed by atoms with Gasteiger partial charge in [-0.15, -0.1) is 0 Å². The van der Waals surface area contributed by atoms with Gasteiger partial charge in [0.05, 0.1) is 16.7 Å². The van der Waals surface area contributed by atoms with E-state index >= 15 is 0 Å². The van der Waals surface area contributed by atoms with Crippen molar-refractivity contribution in [1.82, 2.24) is 14.4 Å². The largest absolute Gasteiger partial charge is 0.381 e. The number of fused-ring (bicyclic) bond motifs is 3. The normalized spacial score (nSPS) is 12.2. The second-order valence-corrected chi connectivity index (χ2v) is 7.69. The predicted octanol–water partition coefficient (Wildman–Crippen LogP) is 3.90. The Morgan fingerprint density at radius 1 is 1.17 bits per heavy atom. The van der Waals surface area contributed by atoms with Gasteiger partial charge in [-0.05, 0) is 30.4 Å². The highest BCUT2D eigenvalue weighted by Crippen LogP contribution is 2.32. The van der Waals surface area contributed by atoms with Crippen LogP contribution in [0.4, 0.5) is 11.6 Å². The molecule has 0 aliphatic rings. The molecule has 128 valence electrons. The van der Waals surface area contributed by atoms with Gasteiger partial charge >= 0.3 is 0 Å². The topological polar surface area (TPSA) is 59.5 Å². The molecule has 2 heterocycles. The van der Waals surface area contributed by atoms with Gasteiger partial charge in [-0.2, -0.15) is 0 Å². The Bertz CT molecular complexity index is 873. The zero-order valence-electron chi connectivity index (χ0n) is 15.3. The molecule has 0 fully saturated rings. The molecule has 0 bridgehead atoms. The number of aromatic nitrogens is 3. The first-order chi connectivity index (χ1) is 11.3. The van der Waals surface area contributed by atoms with Crippen molar-refractivity contribution in [3.8, 4) is 0 Å². The molecule has 2 aromatic heterocycles. The molecule has 0 amide bonds. The summed E-state index contributed by atoms with van der Waals surface area (Å²) in [5.74, 6) is 1.50. The summed E-state index contributed by atoms with van der Waals surface area (Å²) >= 11 is 0. The van der Waals surface area contributed by atoms with E-state index in [0.717, 1.165) is 41.9 Å². The molecule has 24 heavy (non-hydrogen) atoms. The van der Waals surface area contributed by atoms with Crippen molar-refractivity contribution in [2.45, 2.75) is 40.5 Å². The molecule has 0 unspecified atom stereocenters. The summed E-state index contributed by atoms with van der Waals surface area (Å²) in [5.41, 5.74) is 10.3. The lowest BCUT2D eigenvalue weighted by molar-refractivity contribution is 0.406. The van der Waals surface area contributed by atoms with Crippen molar-refractivity contribution in [2.75, 3.05) is 24.2 Å². The molecule has 0 saturated heterocycles. The Hall–Kier alpha value is -2.30. The van der Waals surface area contributed by atoms with Crippen LogP contribution < -0.4 is 10.6 Å². The summed E-state index contributed by atoms with van der Waals surface area (Å²) in [4.78, 5) is 11.6. The van der Waals surface area contributed by atoms with E-state index in [9.17, 15) is 0 Å². The molecule has 0 atom stereocenters. The molecule has 5 heteroatoms. The molecule has 0 radical (unpaired) electrons. The summed E-state index contributed by atoms with van der Waals surface area (Å²) in [5, 5.41) is 0. The van der Waals surface area contributed by atoms with Crippen LogP contribution >= 0.6 is 0 Å². The van der Waals surface area contributed by atoms with Crippen LogP contribution in [0.25, 0.3) is 16.7 Å². The zero-order valence-corrected chi connectivity index (χ0v) is 15.3. The van der Waals surface area contributed by atoms with E-state index in [-0.39, 0.29) is 5.41 Å². The summed E-state index contributed by atoms with van der Waals surface area (Å²) in [6.45, 7) is 9.90. The van der Waals surface area contributed by atoms with Gasteiger partial charge in [-0.1, -0.05) is 39.8 Å². The van der Waals surface area contributed by atoms with Crippen LogP contribution in [-0.4, -0.2) is 28.0 Å². The minimum absolute atomic E-state index is 0.150. The SMILES string of the molecule is CCCN(C)c1nc2c(N)nc3ccccc3n2c1CC(C)(C)C. The fourth-order valence-corrected chi connectivity index (χ4v) is 3.21. The number of anilines is 2. The molecule has 0 aliphatic heterocycles. The van der Waals surface area contributed by atoms with Crippen molar-refractivity contribution in [2.24, 2.45) is 5.41 Å². The second-order valence-electron chi connectivity index (χ2n) is 7.69. The van der Waals surface area contributed by atoms with Gasteiger partial charge in [0.2, 0.25) is 0 Å². The molecule has 1 aromatic carbocycles. The van der Waals surface area contributed by atoms with E-state index < -0.39 is 0 Å². The molecule has 2 N–H and O–H groups in total. The molecule has 5 nitrogen and oxygen atoms in total. The van der Waals surface area contributed by atoms with Gasteiger partial charge in [0.15, 0.2) is 17.3 Å². The van der Waals surface area contributed by atoms with E-state index in [1.807, 2.05) is 18.2 Å². The number of benzene rings is 1. The molecule has 0 spiro atoms. The van der Waals surface area contributed by atoms with Crippen molar-refractivity contribution in [3.63, 3.8) is 0 Å². The third-order valence-corrected chi connectivity index (χ3v) is 4.16. The van der Waals surface area contributed by atoms with Crippen LogP contribution in [0.5, 0.6) is 0 Å². The minimum atomic E-state index is 0.150. The maximum atomic E-state index is 6.23. The molecule has 0 aliphatic carbocycles. The lowest BCUT2D eigenvalue weighted by atomic mass is 9.90. The Morgan fingerprint density at radius 2 is 1.88 bits per heavy atom. The molecular formula is C19H27N5. The molecule has 3 aromatic rings. The maximum Gasteiger partial charge on any atom is 0.182 e. The highest BCUT2D eigenvalue weighted by atomic mass is 15.2. The number of nitrogens with zero attached hydrogens (tertiary/aromatic N) is 4. The monoisotopic (exact) mass is 325 g/mol. The summed E-state index contributed by atoms with van der Waals surface area (Å²) < 4.78 is 2.20. The summed E-state index contributed by atoms with van der Waals surface area (Å²) in [6, 6.07) is 8.12. The highest BCUT2D eigenvalue weighted by Gasteiger charge is 2.24. The smallest absolute Gasteiger partial charge is 0.182 e. The van der Waals surface area contributed by atoms with E-state index in [4.69, 9.17) is 10.7 Å². The number of hydrogen-bond donors (Lipinski definition) is 1. The Morgan fingerprint density at radius 3 is 2.54 bits per heavy atom. The van der Waals surface area contributed by atoms with Gasteiger partial charge < -0.3 is 10.6 Å². The summed E-state index contributed by atoms with van der Waals surface area (Å²) in [7, 11) is 2.10. The quantitative estimate of drug-likeness (QED) is 0.790. The van der Waals surface area contributed by atoms with Crippen LogP contribution in [0.3, 0.4) is 0 Å². The van der Waals surface area contributed by atoms with Gasteiger partial charge in [0.25, 0.3) is 0 Å². The lowest BCUT2D eigenvalue weighted by Gasteiger charge is -2.22. The number of nitrogen functional groups attached to an aromatic ring is 1. The first-order valence-corrected chi connectivity index (χ1v) is 8.58. The van der Waals surface area contributed by atoms with Gasteiger partial charge in [-0.3, -0.25) is 4.40 Å². The van der Waals surface area contributed by atoms with E-state index in [1.165, 1.54) is 5.69 Å². The van der Waals surface area contributed by atoms with E-state index in [2.05, 4.69) is 55.1 Å². The van der Waals surface area contributed by atoms with Gasteiger partial charge in [0.1, 0.15) is 0 Å². The van der Waals surface area contributed by atoms with Crippen molar-refractivity contribution < 1.29 is 0 Å². The average molecular weight is 325 g/mol. The first-order valence-electron chi connectivity index (χ1n) is 8.58. The standard InChI is InChI=1S/C19H27N5/c1-6-11-23(5)17-15(12-19(2,3)4)24-14-10-8-7-9-13(14)21-16(20)18(24)22-17/h7-10H,6,11-12H2,1-5H3,(H2,20,21). The van der Waals surface area contributed by atoms with E-state index in [0.29, 0.717) is 5.82 Å². The number of nitrogens with two attached hydrogens (primary N) is 1.